The fourth-order valence-corrected chi connectivity index (χ4v) is 1.64. The molecule has 0 amide bonds. The lowest BCUT2D eigenvalue weighted by Crippen LogP contribution is -2.17. The molecule has 0 aliphatic rings. The second-order valence-electron chi connectivity index (χ2n) is 3.60. The summed E-state index contributed by atoms with van der Waals surface area (Å²) in [5, 5.41) is 8.66. The van der Waals surface area contributed by atoms with Gasteiger partial charge in [-0.2, -0.15) is 5.26 Å². The van der Waals surface area contributed by atoms with Crippen LogP contribution in [0.4, 0.5) is 15.9 Å². The number of anilines is 2. The van der Waals surface area contributed by atoms with E-state index in [-0.39, 0.29) is 11.5 Å². The van der Waals surface area contributed by atoms with E-state index in [1.54, 1.807) is 12.1 Å². The largest absolute Gasteiger partial charge is 0.325 e. The first-order valence-electron chi connectivity index (χ1n) is 5.50. The molecule has 0 unspecified atom stereocenters. The quantitative estimate of drug-likeness (QED) is 0.830. The van der Waals surface area contributed by atoms with Crippen LogP contribution in [0.15, 0.2) is 36.7 Å². The molecule has 2 aromatic rings. The monoisotopic (exact) mass is 242 g/mol. The molecule has 0 spiro atoms. The molecular weight excluding hydrogens is 231 g/mol. The van der Waals surface area contributed by atoms with Gasteiger partial charge in [0.15, 0.2) is 11.5 Å². The predicted octanol–water partition coefficient (Wildman–Crippen LogP) is 2.65. The second-order valence-corrected chi connectivity index (χ2v) is 3.60. The molecular formula is C13H11FN4. The van der Waals surface area contributed by atoms with Crippen LogP contribution in [0.3, 0.4) is 0 Å². The van der Waals surface area contributed by atoms with Crippen molar-refractivity contribution in [3.8, 4) is 6.07 Å². The third kappa shape index (κ3) is 2.43. The van der Waals surface area contributed by atoms with Crippen LogP contribution in [0, 0.1) is 17.1 Å². The molecule has 0 bridgehead atoms. The van der Waals surface area contributed by atoms with Gasteiger partial charge in [-0.3, -0.25) is 0 Å². The summed E-state index contributed by atoms with van der Waals surface area (Å²) < 4.78 is 13.2. The Morgan fingerprint density at radius 2 is 2.17 bits per heavy atom. The van der Waals surface area contributed by atoms with E-state index < -0.39 is 0 Å². The minimum atomic E-state index is -0.299. The minimum Gasteiger partial charge on any atom is -0.325 e. The van der Waals surface area contributed by atoms with Gasteiger partial charge in [0.1, 0.15) is 11.9 Å². The van der Waals surface area contributed by atoms with Gasteiger partial charge in [-0.05, 0) is 25.1 Å². The maximum absolute atomic E-state index is 13.2. The van der Waals surface area contributed by atoms with Gasteiger partial charge < -0.3 is 4.90 Å². The third-order valence-electron chi connectivity index (χ3n) is 2.47. The molecule has 0 saturated carbocycles. The maximum atomic E-state index is 13.2. The van der Waals surface area contributed by atoms with Crippen LogP contribution in [0.25, 0.3) is 0 Å². The summed E-state index contributed by atoms with van der Waals surface area (Å²) in [6, 6.07) is 8.17. The SMILES string of the molecule is CCN(c1cccc(F)c1)c1cnc(C#N)cn1. The first kappa shape index (κ1) is 12.0. The standard InChI is InChI=1S/C13H11FN4/c1-2-18(12-5-3-4-10(14)6-12)13-9-16-11(7-15)8-17-13/h3-6,8-9H,2H2,1H3. The zero-order valence-electron chi connectivity index (χ0n) is 9.84. The van der Waals surface area contributed by atoms with E-state index in [9.17, 15) is 4.39 Å². The van der Waals surface area contributed by atoms with E-state index in [1.165, 1.54) is 24.5 Å². The Balaban J connectivity index is 2.36. The second kappa shape index (κ2) is 5.23. The summed E-state index contributed by atoms with van der Waals surface area (Å²) in [4.78, 5) is 9.92. The van der Waals surface area contributed by atoms with Gasteiger partial charge >= 0.3 is 0 Å². The lowest BCUT2D eigenvalue weighted by molar-refractivity contribution is 0.627. The normalized spacial score (nSPS) is 9.83. The number of nitrogens with zero attached hydrogens (tertiary/aromatic N) is 4. The highest BCUT2D eigenvalue weighted by Crippen LogP contribution is 2.22. The molecule has 0 N–H and O–H groups in total. The van der Waals surface area contributed by atoms with Crippen LogP contribution < -0.4 is 4.90 Å². The number of benzene rings is 1. The van der Waals surface area contributed by atoms with Crippen LogP contribution >= 0.6 is 0 Å². The van der Waals surface area contributed by atoms with Crippen LogP contribution in [0.2, 0.25) is 0 Å². The third-order valence-corrected chi connectivity index (χ3v) is 2.47. The maximum Gasteiger partial charge on any atom is 0.158 e. The molecule has 0 radical (unpaired) electrons. The Kier molecular flexibility index (Phi) is 3.49. The first-order valence-corrected chi connectivity index (χ1v) is 5.50. The van der Waals surface area contributed by atoms with Gasteiger partial charge in [-0.15, -0.1) is 0 Å². The van der Waals surface area contributed by atoms with E-state index in [0.29, 0.717) is 18.1 Å². The number of nitriles is 1. The molecule has 18 heavy (non-hydrogen) atoms. The van der Waals surface area contributed by atoms with Crippen molar-refractivity contribution in [2.45, 2.75) is 6.92 Å². The zero-order valence-corrected chi connectivity index (χ0v) is 9.84. The van der Waals surface area contributed by atoms with Crippen LogP contribution in [0.1, 0.15) is 12.6 Å². The number of rotatable bonds is 3. The molecule has 1 aromatic carbocycles. The first-order chi connectivity index (χ1) is 8.74. The summed E-state index contributed by atoms with van der Waals surface area (Å²) >= 11 is 0. The van der Waals surface area contributed by atoms with Gasteiger partial charge in [-0.1, -0.05) is 6.07 Å². The molecule has 0 saturated heterocycles. The van der Waals surface area contributed by atoms with Crippen molar-refractivity contribution in [3.63, 3.8) is 0 Å². The van der Waals surface area contributed by atoms with Gasteiger partial charge in [0, 0.05) is 12.2 Å². The molecule has 5 heteroatoms. The molecule has 4 nitrogen and oxygen atoms in total. The fourth-order valence-electron chi connectivity index (χ4n) is 1.64. The van der Waals surface area contributed by atoms with E-state index >= 15 is 0 Å². The van der Waals surface area contributed by atoms with Gasteiger partial charge in [0.2, 0.25) is 0 Å². The lowest BCUT2D eigenvalue weighted by atomic mass is 10.3. The van der Waals surface area contributed by atoms with E-state index in [2.05, 4.69) is 9.97 Å². The van der Waals surface area contributed by atoms with E-state index in [1.807, 2.05) is 17.9 Å². The Morgan fingerprint density at radius 1 is 1.33 bits per heavy atom. The molecule has 90 valence electrons. The highest BCUT2D eigenvalue weighted by atomic mass is 19.1. The minimum absolute atomic E-state index is 0.258. The Labute approximate surface area is 104 Å². The molecule has 0 atom stereocenters. The van der Waals surface area contributed by atoms with Gasteiger partial charge in [0.25, 0.3) is 0 Å². The number of aromatic nitrogens is 2. The Morgan fingerprint density at radius 3 is 2.72 bits per heavy atom. The van der Waals surface area contributed by atoms with Gasteiger partial charge in [-0.25, -0.2) is 14.4 Å². The molecule has 0 fully saturated rings. The highest BCUT2D eigenvalue weighted by molar-refractivity contribution is 5.59. The van der Waals surface area contributed by atoms with E-state index in [0.717, 1.165) is 0 Å². The van der Waals surface area contributed by atoms with Crippen LogP contribution in [-0.2, 0) is 0 Å². The van der Waals surface area contributed by atoms with Crippen molar-refractivity contribution < 1.29 is 4.39 Å². The van der Waals surface area contributed by atoms with Crippen molar-refractivity contribution in [1.82, 2.24) is 9.97 Å². The summed E-state index contributed by atoms with van der Waals surface area (Å²) in [7, 11) is 0. The van der Waals surface area contributed by atoms with Crippen molar-refractivity contribution in [2.75, 3.05) is 11.4 Å². The number of hydrogen-bond acceptors (Lipinski definition) is 4. The zero-order chi connectivity index (χ0) is 13.0. The van der Waals surface area contributed by atoms with Crippen molar-refractivity contribution in [2.24, 2.45) is 0 Å². The molecule has 2 rings (SSSR count). The van der Waals surface area contributed by atoms with E-state index in [4.69, 9.17) is 5.26 Å². The van der Waals surface area contributed by atoms with Crippen molar-refractivity contribution in [3.05, 3.63) is 48.2 Å². The summed E-state index contributed by atoms with van der Waals surface area (Å²) in [6.45, 7) is 2.56. The molecule has 1 aromatic heterocycles. The lowest BCUT2D eigenvalue weighted by Gasteiger charge is -2.21. The molecule has 0 aliphatic carbocycles. The summed E-state index contributed by atoms with van der Waals surface area (Å²) in [6.07, 6.45) is 2.91. The van der Waals surface area contributed by atoms with Crippen molar-refractivity contribution in [1.29, 1.82) is 5.26 Å². The summed E-state index contributed by atoms with van der Waals surface area (Å²) in [5.41, 5.74) is 0.963. The topological polar surface area (TPSA) is 52.8 Å². The van der Waals surface area contributed by atoms with Gasteiger partial charge in [0.05, 0.1) is 12.4 Å². The fraction of sp³-hybridized carbons (Fsp3) is 0.154. The summed E-state index contributed by atoms with van der Waals surface area (Å²) in [5.74, 6) is 0.287. The smallest absolute Gasteiger partial charge is 0.158 e. The highest BCUT2D eigenvalue weighted by Gasteiger charge is 2.09. The van der Waals surface area contributed by atoms with Crippen molar-refractivity contribution >= 4 is 11.5 Å². The predicted molar refractivity (Wildman–Crippen MR) is 65.8 cm³/mol. The average molecular weight is 242 g/mol. The van der Waals surface area contributed by atoms with Crippen LogP contribution in [-0.4, -0.2) is 16.5 Å². The van der Waals surface area contributed by atoms with Crippen LogP contribution in [0.5, 0.6) is 0 Å². The molecule has 1 heterocycles. The molecule has 0 aliphatic heterocycles. The number of hydrogen-bond donors (Lipinski definition) is 0. The average Bonchev–Trinajstić information content (AvgIpc) is 2.40. The number of halogens is 1. The Hall–Kier alpha value is -2.48. The Bertz CT molecular complexity index is 574.